The molecule has 1 aromatic rings. The Bertz CT molecular complexity index is 493. The summed E-state index contributed by atoms with van der Waals surface area (Å²) >= 11 is 3.17. The zero-order valence-corrected chi connectivity index (χ0v) is 14.1. The molecule has 2 N–H and O–H groups in total. The number of nitrogens with one attached hydrogen (secondary N) is 2. The molecule has 0 radical (unpaired) electrons. The van der Waals surface area contributed by atoms with E-state index in [2.05, 4.69) is 26.6 Å². The zero-order chi connectivity index (χ0) is 15.8. The minimum atomic E-state index is -0.467. The highest BCUT2D eigenvalue weighted by Crippen LogP contribution is 2.20. The molecule has 122 valence electrons. The first-order valence-corrected chi connectivity index (χ1v) is 8.56. The number of anilines is 1. The number of benzene rings is 1. The predicted octanol–water partition coefficient (Wildman–Crippen LogP) is 4.45. The first-order chi connectivity index (χ1) is 10.6. The number of hydrogen-bond acceptors (Lipinski definition) is 2. The molecule has 1 aromatic carbocycles. The van der Waals surface area contributed by atoms with Gasteiger partial charge < -0.3 is 15.4 Å². The maximum atomic E-state index is 13.6. The molecule has 4 nitrogen and oxygen atoms in total. The normalized spacial score (nSPS) is 15.5. The van der Waals surface area contributed by atoms with Crippen LogP contribution in [0, 0.1) is 5.82 Å². The smallest absolute Gasteiger partial charge is 0.319 e. The van der Waals surface area contributed by atoms with E-state index in [0.717, 1.165) is 19.3 Å². The summed E-state index contributed by atoms with van der Waals surface area (Å²) in [6.07, 6.45) is 7.27. The van der Waals surface area contributed by atoms with Gasteiger partial charge in [-0.15, -0.1) is 0 Å². The van der Waals surface area contributed by atoms with Crippen molar-refractivity contribution in [3.05, 3.63) is 28.5 Å². The van der Waals surface area contributed by atoms with Gasteiger partial charge in [0.2, 0.25) is 0 Å². The van der Waals surface area contributed by atoms with Crippen molar-refractivity contribution in [1.82, 2.24) is 5.32 Å². The highest BCUT2D eigenvalue weighted by Gasteiger charge is 2.13. The summed E-state index contributed by atoms with van der Waals surface area (Å²) in [5.41, 5.74) is 0.166. The van der Waals surface area contributed by atoms with Crippen LogP contribution in [0.3, 0.4) is 0 Å². The Morgan fingerprint density at radius 3 is 2.82 bits per heavy atom. The van der Waals surface area contributed by atoms with Crippen LogP contribution >= 0.6 is 15.9 Å². The lowest BCUT2D eigenvalue weighted by Gasteiger charge is -2.21. The second-order valence-corrected chi connectivity index (χ2v) is 6.41. The molecule has 2 amide bonds. The van der Waals surface area contributed by atoms with Gasteiger partial charge in [0.05, 0.1) is 11.8 Å². The summed E-state index contributed by atoms with van der Waals surface area (Å²) in [7, 11) is 0. The molecule has 1 fully saturated rings. The van der Waals surface area contributed by atoms with E-state index in [1.54, 1.807) is 6.07 Å². The lowest BCUT2D eigenvalue weighted by Crippen LogP contribution is -2.30. The van der Waals surface area contributed by atoms with E-state index >= 15 is 0 Å². The Labute approximate surface area is 138 Å². The first kappa shape index (κ1) is 17.2. The maximum absolute atomic E-state index is 13.6. The van der Waals surface area contributed by atoms with E-state index in [-0.39, 0.29) is 5.69 Å². The molecule has 0 spiro atoms. The van der Waals surface area contributed by atoms with Gasteiger partial charge in [-0.25, -0.2) is 9.18 Å². The van der Waals surface area contributed by atoms with E-state index in [4.69, 9.17) is 4.74 Å². The molecule has 1 aliphatic carbocycles. The molecule has 0 saturated heterocycles. The van der Waals surface area contributed by atoms with Crippen LogP contribution in [0.1, 0.15) is 38.5 Å². The molecule has 0 unspecified atom stereocenters. The molecule has 2 rings (SSSR count). The quantitative estimate of drug-likeness (QED) is 0.724. The maximum Gasteiger partial charge on any atom is 0.319 e. The lowest BCUT2D eigenvalue weighted by molar-refractivity contribution is 0.0276. The summed E-state index contributed by atoms with van der Waals surface area (Å²) < 4.78 is 20.0. The number of halogens is 2. The van der Waals surface area contributed by atoms with Crippen molar-refractivity contribution >= 4 is 27.6 Å². The van der Waals surface area contributed by atoms with Gasteiger partial charge in [-0.05, 0) is 37.5 Å². The van der Waals surface area contributed by atoms with Crippen molar-refractivity contribution in [2.75, 3.05) is 18.5 Å². The number of urea groups is 1. The van der Waals surface area contributed by atoms with Crippen LogP contribution in [0.5, 0.6) is 0 Å². The lowest BCUT2D eigenvalue weighted by atomic mass is 9.98. The molecule has 1 aliphatic rings. The fraction of sp³-hybridized carbons (Fsp3) is 0.562. The minimum absolute atomic E-state index is 0.166. The van der Waals surface area contributed by atoms with Gasteiger partial charge in [0.15, 0.2) is 0 Å². The minimum Gasteiger partial charge on any atom is -0.378 e. The van der Waals surface area contributed by atoms with Gasteiger partial charge in [0.25, 0.3) is 0 Å². The monoisotopic (exact) mass is 372 g/mol. The van der Waals surface area contributed by atoms with Crippen molar-refractivity contribution in [2.24, 2.45) is 0 Å². The molecular weight excluding hydrogens is 351 g/mol. The largest absolute Gasteiger partial charge is 0.378 e. The second-order valence-electron chi connectivity index (χ2n) is 5.49. The van der Waals surface area contributed by atoms with Crippen LogP contribution in [-0.2, 0) is 4.74 Å². The average molecular weight is 373 g/mol. The summed E-state index contributed by atoms with van der Waals surface area (Å²) in [4.78, 5) is 11.7. The van der Waals surface area contributed by atoms with Crippen LogP contribution in [0.25, 0.3) is 0 Å². The van der Waals surface area contributed by atoms with E-state index in [1.165, 1.54) is 31.4 Å². The van der Waals surface area contributed by atoms with Gasteiger partial charge in [-0.3, -0.25) is 0 Å². The molecule has 0 aromatic heterocycles. The molecule has 1 saturated carbocycles. The third-order valence-corrected chi connectivity index (χ3v) is 4.19. The van der Waals surface area contributed by atoms with Crippen LogP contribution in [0.15, 0.2) is 22.7 Å². The van der Waals surface area contributed by atoms with Crippen LogP contribution in [0.4, 0.5) is 14.9 Å². The number of carbonyl (C=O) groups is 1. The second kappa shape index (κ2) is 9.10. The van der Waals surface area contributed by atoms with Gasteiger partial charge in [0.1, 0.15) is 5.82 Å². The molecule has 0 heterocycles. The van der Waals surface area contributed by atoms with Crippen LogP contribution < -0.4 is 10.6 Å². The standard InChI is InChI=1S/C16H22BrFN2O2/c17-12-7-8-15(14(18)11-12)20-16(21)19-9-4-10-22-13-5-2-1-3-6-13/h7-8,11,13H,1-6,9-10H2,(H2,19,20,21). The van der Waals surface area contributed by atoms with E-state index in [1.807, 2.05) is 0 Å². The Morgan fingerprint density at radius 1 is 1.32 bits per heavy atom. The molecule has 0 atom stereocenters. The predicted molar refractivity (Wildman–Crippen MR) is 88.6 cm³/mol. The third-order valence-electron chi connectivity index (χ3n) is 3.69. The Balaban J connectivity index is 1.59. The molecular formula is C16H22BrFN2O2. The van der Waals surface area contributed by atoms with Gasteiger partial charge in [-0.2, -0.15) is 0 Å². The summed E-state index contributed by atoms with van der Waals surface area (Å²) in [5.74, 6) is -0.467. The van der Waals surface area contributed by atoms with Crippen molar-refractivity contribution in [3.8, 4) is 0 Å². The third kappa shape index (κ3) is 5.93. The van der Waals surface area contributed by atoms with E-state index < -0.39 is 11.8 Å². The van der Waals surface area contributed by atoms with Crippen molar-refractivity contribution in [2.45, 2.75) is 44.6 Å². The fourth-order valence-electron chi connectivity index (χ4n) is 2.51. The van der Waals surface area contributed by atoms with Crippen LogP contribution in [0.2, 0.25) is 0 Å². The average Bonchev–Trinajstić information content (AvgIpc) is 2.51. The summed E-state index contributed by atoms with van der Waals surface area (Å²) in [6, 6.07) is 4.11. The van der Waals surface area contributed by atoms with Gasteiger partial charge in [0, 0.05) is 17.6 Å². The molecule has 22 heavy (non-hydrogen) atoms. The van der Waals surface area contributed by atoms with Crippen LogP contribution in [-0.4, -0.2) is 25.3 Å². The zero-order valence-electron chi connectivity index (χ0n) is 12.5. The molecule has 0 aliphatic heterocycles. The highest BCUT2D eigenvalue weighted by atomic mass is 79.9. The van der Waals surface area contributed by atoms with Gasteiger partial charge in [-0.1, -0.05) is 35.2 Å². The van der Waals surface area contributed by atoms with Crippen molar-refractivity contribution in [1.29, 1.82) is 0 Å². The number of amides is 2. The Morgan fingerprint density at radius 2 is 2.09 bits per heavy atom. The number of ether oxygens (including phenoxy) is 1. The van der Waals surface area contributed by atoms with Gasteiger partial charge >= 0.3 is 6.03 Å². The van der Waals surface area contributed by atoms with E-state index in [0.29, 0.717) is 23.7 Å². The first-order valence-electron chi connectivity index (χ1n) is 7.76. The van der Waals surface area contributed by atoms with Crippen molar-refractivity contribution < 1.29 is 13.9 Å². The Hall–Kier alpha value is -1.14. The molecule has 0 bridgehead atoms. The topological polar surface area (TPSA) is 50.4 Å². The molecule has 6 heteroatoms. The van der Waals surface area contributed by atoms with E-state index in [9.17, 15) is 9.18 Å². The summed E-state index contributed by atoms with van der Waals surface area (Å²) in [6.45, 7) is 1.16. The summed E-state index contributed by atoms with van der Waals surface area (Å²) in [5, 5.41) is 5.19. The fourth-order valence-corrected chi connectivity index (χ4v) is 2.85. The number of rotatable bonds is 6. The SMILES string of the molecule is O=C(NCCCOC1CCCCC1)Nc1ccc(Br)cc1F. The number of hydrogen-bond donors (Lipinski definition) is 2. The van der Waals surface area contributed by atoms with Crippen molar-refractivity contribution in [3.63, 3.8) is 0 Å². The highest BCUT2D eigenvalue weighted by molar-refractivity contribution is 9.10. The number of carbonyl (C=O) groups excluding carboxylic acids is 1. The Kier molecular flexibility index (Phi) is 7.12.